The van der Waals surface area contributed by atoms with Crippen LogP contribution in [0.1, 0.15) is 39.8 Å². The molecule has 0 N–H and O–H groups in total. The Morgan fingerprint density at radius 1 is 0.895 bits per heavy atom. The Balaban J connectivity index is 1.61. The van der Waals surface area contributed by atoms with Crippen molar-refractivity contribution in [1.82, 2.24) is 9.88 Å². The number of hydrogen-bond donors (Lipinski definition) is 0. The van der Waals surface area contributed by atoms with Crippen LogP contribution in [0.15, 0.2) is 88.9 Å². The summed E-state index contributed by atoms with van der Waals surface area (Å²) in [6.07, 6.45) is -6.86. The van der Waals surface area contributed by atoms with Crippen molar-refractivity contribution < 1.29 is 35.6 Å². The highest BCUT2D eigenvalue weighted by Gasteiger charge is 2.41. The highest BCUT2D eigenvalue weighted by atomic mass is 19.4. The molecule has 0 amide bonds. The van der Waals surface area contributed by atoms with Crippen LogP contribution in [0.2, 0.25) is 0 Å². The summed E-state index contributed by atoms with van der Waals surface area (Å²) < 4.78 is 86.8. The first-order chi connectivity index (χ1) is 18.0. The summed E-state index contributed by atoms with van der Waals surface area (Å²) in [7, 11) is 0. The van der Waals surface area contributed by atoms with Crippen LogP contribution in [0.5, 0.6) is 0 Å². The molecule has 0 radical (unpaired) electrons. The zero-order chi connectivity index (χ0) is 27.1. The summed E-state index contributed by atoms with van der Waals surface area (Å²) in [5, 5.41) is 3.98. The van der Waals surface area contributed by atoms with Crippen molar-refractivity contribution in [3.63, 3.8) is 0 Å². The van der Waals surface area contributed by atoms with Crippen LogP contribution in [-0.4, -0.2) is 15.7 Å². The number of aromatic nitrogens is 1. The fraction of sp³-hybridized carbons (Fsp3) is 0.185. The van der Waals surface area contributed by atoms with E-state index in [1.807, 2.05) is 31.2 Å². The second kappa shape index (κ2) is 9.55. The minimum Gasteiger partial charge on any atom is -0.461 e. The maximum absolute atomic E-state index is 13.6. The molecular weight excluding hydrogens is 512 g/mol. The first-order valence-corrected chi connectivity index (χ1v) is 11.3. The van der Waals surface area contributed by atoms with E-state index in [4.69, 9.17) is 9.25 Å². The fourth-order valence-electron chi connectivity index (χ4n) is 4.26. The maximum Gasteiger partial charge on any atom is 0.416 e. The smallest absolute Gasteiger partial charge is 0.416 e. The molecule has 5 nitrogen and oxygen atoms in total. The zero-order valence-electron chi connectivity index (χ0n) is 19.7. The largest absolute Gasteiger partial charge is 0.461 e. The van der Waals surface area contributed by atoms with Crippen molar-refractivity contribution >= 4 is 5.84 Å². The van der Waals surface area contributed by atoms with E-state index in [1.165, 1.54) is 11.2 Å². The van der Waals surface area contributed by atoms with Gasteiger partial charge in [-0.25, -0.2) is 0 Å². The Hall–Kier alpha value is -4.28. The number of alkyl halides is 6. The molecule has 11 heteroatoms. The van der Waals surface area contributed by atoms with E-state index in [9.17, 15) is 26.3 Å². The van der Waals surface area contributed by atoms with Crippen molar-refractivity contribution in [2.75, 3.05) is 0 Å². The monoisotopic (exact) mass is 531 g/mol. The van der Waals surface area contributed by atoms with Gasteiger partial charge in [-0.1, -0.05) is 35.0 Å². The maximum atomic E-state index is 13.6. The third kappa shape index (κ3) is 5.09. The zero-order valence-corrected chi connectivity index (χ0v) is 19.7. The SMILES string of the molecule is Cc1cccc(-c2ccncc2CN2C(c3ccco3)=NOC2c2cc(C(F)(F)F)cc(C(F)(F)F)c2)c1. The third-order valence-corrected chi connectivity index (χ3v) is 6.00. The number of furan rings is 1. The first kappa shape index (κ1) is 25.4. The van der Waals surface area contributed by atoms with Gasteiger partial charge < -0.3 is 14.2 Å². The van der Waals surface area contributed by atoms with Crippen LogP contribution in [0.4, 0.5) is 26.3 Å². The second-order valence-corrected chi connectivity index (χ2v) is 8.72. The Labute approximate surface area is 213 Å². The van der Waals surface area contributed by atoms with Gasteiger partial charge >= 0.3 is 12.4 Å². The molecule has 38 heavy (non-hydrogen) atoms. The molecule has 0 saturated heterocycles. The topological polar surface area (TPSA) is 50.9 Å². The molecule has 2 aromatic carbocycles. The van der Waals surface area contributed by atoms with Crippen molar-refractivity contribution in [1.29, 1.82) is 0 Å². The highest BCUT2D eigenvalue weighted by molar-refractivity contribution is 5.97. The number of rotatable bonds is 5. The molecule has 1 aliphatic rings. The molecule has 0 fully saturated rings. The molecule has 4 aromatic rings. The van der Waals surface area contributed by atoms with Crippen molar-refractivity contribution in [2.45, 2.75) is 32.0 Å². The van der Waals surface area contributed by atoms with Gasteiger partial charge in [0.2, 0.25) is 12.1 Å². The molecule has 196 valence electrons. The number of amidine groups is 1. The lowest BCUT2D eigenvalue weighted by Gasteiger charge is -2.27. The van der Waals surface area contributed by atoms with E-state index in [2.05, 4.69) is 10.1 Å². The average Bonchev–Trinajstić information content (AvgIpc) is 3.53. The second-order valence-electron chi connectivity index (χ2n) is 8.72. The number of aryl methyl sites for hydroxylation is 1. The molecule has 0 bridgehead atoms. The number of nitrogens with zero attached hydrogens (tertiary/aromatic N) is 3. The normalized spacial score (nSPS) is 15.9. The number of pyridine rings is 1. The number of halogens is 6. The lowest BCUT2D eigenvalue weighted by atomic mass is 9.99. The molecule has 1 aliphatic heterocycles. The van der Waals surface area contributed by atoms with Crippen LogP contribution >= 0.6 is 0 Å². The van der Waals surface area contributed by atoms with Crippen LogP contribution in [-0.2, 0) is 23.7 Å². The van der Waals surface area contributed by atoms with Crippen molar-refractivity contribution in [3.8, 4) is 11.1 Å². The van der Waals surface area contributed by atoms with Crippen LogP contribution in [0.3, 0.4) is 0 Å². The van der Waals surface area contributed by atoms with Gasteiger partial charge in [0.1, 0.15) is 0 Å². The van der Waals surface area contributed by atoms with Crippen LogP contribution in [0.25, 0.3) is 11.1 Å². The molecule has 1 unspecified atom stereocenters. The highest BCUT2D eigenvalue weighted by Crippen LogP contribution is 2.41. The minimum absolute atomic E-state index is 0.00108. The predicted octanol–water partition coefficient (Wildman–Crippen LogP) is 7.58. The van der Waals surface area contributed by atoms with E-state index in [1.54, 1.807) is 30.6 Å². The van der Waals surface area contributed by atoms with Crippen LogP contribution in [0, 0.1) is 6.92 Å². The van der Waals surface area contributed by atoms with E-state index in [0.717, 1.165) is 16.7 Å². The van der Waals surface area contributed by atoms with Crippen LogP contribution < -0.4 is 0 Å². The van der Waals surface area contributed by atoms with Crippen molar-refractivity contribution in [2.24, 2.45) is 5.16 Å². The summed E-state index contributed by atoms with van der Waals surface area (Å²) >= 11 is 0. The molecule has 1 atom stereocenters. The predicted molar refractivity (Wildman–Crippen MR) is 125 cm³/mol. The first-order valence-electron chi connectivity index (χ1n) is 11.3. The van der Waals surface area contributed by atoms with Gasteiger partial charge in [0.05, 0.1) is 23.9 Å². The molecule has 0 spiro atoms. The summed E-state index contributed by atoms with van der Waals surface area (Å²) in [6, 6.07) is 14.0. The van der Waals surface area contributed by atoms with Gasteiger partial charge in [-0.15, -0.1) is 0 Å². The van der Waals surface area contributed by atoms with Gasteiger partial charge in [-0.2, -0.15) is 26.3 Å². The van der Waals surface area contributed by atoms with Gasteiger partial charge in [-0.05, 0) is 60.0 Å². The Kier molecular flexibility index (Phi) is 6.38. The molecule has 3 heterocycles. The van der Waals surface area contributed by atoms with Gasteiger partial charge in [0.15, 0.2) is 5.76 Å². The van der Waals surface area contributed by atoms with Gasteiger partial charge in [0, 0.05) is 18.0 Å². The molecular formula is C27H19F6N3O2. The Bertz CT molecular complexity index is 1450. The quantitative estimate of drug-likeness (QED) is 0.249. The number of hydrogen-bond acceptors (Lipinski definition) is 5. The van der Waals surface area contributed by atoms with E-state index in [-0.39, 0.29) is 29.8 Å². The Morgan fingerprint density at radius 2 is 1.63 bits per heavy atom. The van der Waals surface area contributed by atoms with Gasteiger partial charge in [-0.3, -0.25) is 4.98 Å². The lowest BCUT2D eigenvalue weighted by Crippen LogP contribution is -2.31. The summed E-state index contributed by atoms with van der Waals surface area (Å²) in [4.78, 5) is 11.1. The minimum atomic E-state index is -5.01. The molecule has 5 rings (SSSR count). The Morgan fingerprint density at radius 3 is 2.26 bits per heavy atom. The molecule has 2 aromatic heterocycles. The fourth-order valence-corrected chi connectivity index (χ4v) is 4.26. The standard InChI is InChI=1S/C27H19F6N3O2/c1-16-4-2-5-17(10-16)22-7-8-34-14-19(22)15-36-24(23-6-3-9-37-23)35-38-25(36)18-11-20(26(28,29)30)13-21(12-18)27(31,32)33/h2-14,25H,15H2,1H3. The molecule has 0 saturated carbocycles. The van der Waals surface area contributed by atoms with E-state index < -0.39 is 29.7 Å². The summed E-state index contributed by atoms with van der Waals surface area (Å²) in [5.74, 6) is 0.349. The van der Waals surface area contributed by atoms with Gasteiger partial charge in [0.25, 0.3) is 0 Å². The average molecular weight is 531 g/mol. The molecule has 0 aliphatic carbocycles. The lowest BCUT2D eigenvalue weighted by molar-refractivity contribution is -0.143. The van der Waals surface area contributed by atoms with Crippen molar-refractivity contribution in [3.05, 3.63) is 113 Å². The summed E-state index contributed by atoms with van der Waals surface area (Å²) in [5.41, 5.74) is 0.0592. The summed E-state index contributed by atoms with van der Waals surface area (Å²) in [6.45, 7) is 1.93. The van der Waals surface area contributed by atoms with E-state index in [0.29, 0.717) is 17.7 Å². The number of benzene rings is 2. The third-order valence-electron chi connectivity index (χ3n) is 6.00. The van der Waals surface area contributed by atoms with E-state index >= 15 is 0 Å². The number of oxime groups is 1.